The van der Waals surface area contributed by atoms with E-state index in [1.807, 2.05) is 13.0 Å². The fourth-order valence-electron chi connectivity index (χ4n) is 4.67. The molecule has 154 valence electrons. The molecule has 2 aromatic rings. The first-order valence-electron chi connectivity index (χ1n) is 9.78. The third kappa shape index (κ3) is 3.54. The van der Waals surface area contributed by atoms with Crippen LogP contribution in [0.3, 0.4) is 0 Å². The number of likely N-dealkylation sites (N-methyl/N-ethyl adjacent to an activating group) is 1. The van der Waals surface area contributed by atoms with E-state index in [9.17, 15) is 14.7 Å². The highest BCUT2D eigenvalue weighted by Crippen LogP contribution is 2.45. The molecule has 1 saturated carbocycles. The number of carbonyl (C=O) groups excluding carboxylic acids is 1. The van der Waals surface area contributed by atoms with Crippen molar-refractivity contribution in [2.24, 2.45) is 0 Å². The van der Waals surface area contributed by atoms with Crippen LogP contribution in [0.1, 0.15) is 54.5 Å². The number of amides is 1. The van der Waals surface area contributed by atoms with Gasteiger partial charge in [-0.3, -0.25) is 9.59 Å². The molecule has 2 heterocycles. The number of hydrogen-bond donors (Lipinski definition) is 1. The molecule has 1 aromatic heterocycles. The molecule has 1 fully saturated rings. The van der Waals surface area contributed by atoms with Gasteiger partial charge in [0.25, 0.3) is 5.91 Å². The minimum absolute atomic E-state index is 0.0444. The molecule has 0 bridgehead atoms. The maximum atomic E-state index is 12.8. The minimum Gasteiger partial charge on any atom is -0.501 e. The number of hydrogen-bond acceptors (Lipinski definition) is 4. The SMILES string of the molecule is C[C@H]1Cn2c(CC3(c4cc(Br)cc(Br)c4)CCCC3)nc(=O)c(O)c2C(=O)N1C. The van der Waals surface area contributed by atoms with E-state index in [4.69, 9.17) is 0 Å². The van der Waals surface area contributed by atoms with Gasteiger partial charge in [0.2, 0.25) is 5.75 Å². The summed E-state index contributed by atoms with van der Waals surface area (Å²) >= 11 is 7.18. The zero-order valence-electron chi connectivity index (χ0n) is 16.4. The first-order valence-corrected chi connectivity index (χ1v) is 11.4. The summed E-state index contributed by atoms with van der Waals surface area (Å²) in [6.45, 7) is 2.46. The lowest BCUT2D eigenvalue weighted by molar-refractivity contribution is 0.0660. The second-order valence-corrected chi connectivity index (χ2v) is 10.1. The van der Waals surface area contributed by atoms with Crippen LogP contribution in [0.4, 0.5) is 0 Å². The average Bonchev–Trinajstić information content (AvgIpc) is 3.13. The van der Waals surface area contributed by atoms with Gasteiger partial charge >= 0.3 is 5.56 Å². The summed E-state index contributed by atoms with van der Waals surface area (Å²) in [4.78, 5) is 31.0. The molecule has 1 aromatic carbocycles. The lowest BCUT2D eigenvalue weighted by atomic mass is 9.76. The smallest absolute Gasteiger partial charge is 0.315 e. The van der Waals surface area contributed by atoms with E-state index in [2.05, 4.69) is 49.0 Å². The highest BCUT2D eigenvalue weighted by molar-refractivity contribution is 9.11. The second-order valence-electron chi connectivity index (χ2n) is 8.23. The van der Waals surface area contributed by atoms with Crippen LogP contribution in [0, 0.1) is 0 Å². The van der Waals surface area contributed by atoms with Crippen molar-refractivity contribution >= 4 is 37.8 Å². The van der Waals surface area contributed by atoms with Crippen LogP contribution in [0.15, 0.2) is 31.9 Å². The predicted molar refractivity (Wildman–Crippen MR) is 117 cm³/mol. The number of aromatic nitrogens is 2. The standard InChI is InChI=1S/C21H23Br2N3O3/c1-12-11-26-16(24-19(28)18(27)17(26)20(29)25(12)2)10-21(5-3-4-6-21)13-7-14(22)9-15(23)8-13/h7-9,12,27H,3-6,10-11H2,1-2H3/t12-/m0/s1. The largest absolute Gasteiger partial charge is 0.501 e. The van der Waals surface area contributed by atoms with E-state index in [1.54, 1.807) is 16.5 Å². The Hall–Kier alpha value is -1.67. The maximum absolute atomic E-state index is 12.8. The van der Waals surface area contributed by atoms with E-state index in [0.717, 1.165) is 34.6 Å². The second kappa shape index (κ2) is 7.54. The molecule has 1 N–H and O–H groups in total. The number of halogens is 2. The Morgan fingerprint density at radius 2 is 1.79 bits per heavy atom. The summed E-state index contributed by atoms with van der Waals surface area (Å²) in [7, 11) is 1.69. The molecule has 0 unspecified atom stereocenters. The molecule has 6 nitrogen and oxygen atoms in total. The summed E-state index contributed by atoms with van der Waals surface area (Å²) < 4.78 is 3.75. The Bertz CT molecular complexity index is 1020. The molecule has 0 spiro atoms. The van der Waals surface area contributed by atoms with Crippen LogP contribution in [-0.2, 0) is 18.4 Å². The van der Waals surface area contributed by atoms with Crippen LogP contribution in [-0.4, -0.2) is 38.6 Å². The highest BCUT2D eigenvalue weighted by atomic mass is 79.9. The lowest BCUT2D eigenvalue weighted by Crippen LogP contribution is -2.47. The topological polar surface area (TPSA) is 75.4 Å². The number of nitrogens with zero attached hydrogens (tertiary/aromatic N) is 3. The normalized spacial score (nSPS) is 20.8. The number of benzene rings is 1. The number of rotatable bonds is 3. The van der Waals surface area contributed by atoms with Gasteiger partial charge < -0.3 is 14.6 Å². The molecule has 1 aliphatic heterocycles. The van der Waals surface area contributed by atoms with Gasteiger partial charge in [-0.05, 0) is 43.5 Å². The molecule has 1 amide bonds. The third-order valence-corrected chi connectivity index (χ3v) is 7.32. The quantitative estimate of drug-likeness (QED) is 0.658. The predicted octanol–water partition coefficient (Wildman–Crippen LogP) is 4.00. The van der Waals surface area contributed by atoms with Gasteiger partial charge in [0.05, 0.1) is 0 Å². The van der Waals surface area contributed by atoms with Crippen molar-refractivity contribution in [1.29, 1.82) is 0 Å². The van der Waals surface area contributed by atoms with E-state index in [-0.39, 0.29) is 23.1 Å². The summed E-state index contributed by atoms with van der Waals surface area (Å²) in [5.74, 6) is -0.315. The first kappa shape index (κ1) is 20.6. The zero-order valence-corrected chi connectivity index (χ0v) is 19.6. The molecule has 8 heteroatoms. The van der Waals surface area contributed by atoms with Crippen LogP contribution in [0.5, 0.6) is 5.75 Å². The summed E-state index contributed by atoms with van der Waals surface area (Å²) in [6.07, 6.45) is 4.76. The van der Waals surface area contributed by atoms with Crippen molar-refractivity contribution in [2.75, 3.05) is 7.05 Å². The molecule has 0 saturated heterocycles. The Labute approximate surface area is 186 Å². The van der Waals surface area contributed by atoms with Crippen molar-refractivity contribution in [2.45, 2.75) is 57.0 Å². The Morgan fingerprint density at radius 3 is 2.41 bits per heavy atom. The number of aromatic hydroxyl groups is 1. The van der Waals surface area contributed by atoms with Crippen molar-refractivity contribution in [3.05, 3.63) is 54.6 Å². The monoisotopic (exact) mass is 523 g/mol. The summed E-state index contributed by atoms with van der Waals surface area (Å²) in [6, 6.07) is 6.23. The molecule has 29 heavy (non-hydrogen) atoms. The fourth-order valence-corrected chi connectivity index (χ4v) is 5.97. The molecule has 2 aliphatic rings. The van der Waals surface area contributed by atoms with Gasteiger partial charge in [0.15, 0.2) is 5.69 Å². The van der Waals surface area contributed by atoms with E-state index in [1.165, 1.54) is 5.56 Å². The zero-order chi connectivity index (χ0) is 20.9. The van der Waals surface area contributed by atoms with Gasteiger partial charge in [0, 0.05) is 40.4 Å². The minimum atomic E-state index is -0.730. The first-order chi connectivity index (χ1) is 13.7. The van der Waals surface area contributed by atoms with Crippen LogP contribution in [0.25, 0.3) is 0 Å². The van der Waals surface area contributed by atoms with Gasteiger partial charge in [-0.2, -0.15) is 4.98 Å². The van der Waals surface area contributed by atoms with Crippen LogP contribution in [0.2, 0.25) is 0 Å². The van der Waals surface area contributed by atoms with Crippen molar-refractivity contribution in [3.8, 4) is 5.75 Å². The Morgan fingerprint density at radius 1 is 1.17 bits per heavy atom. The number of fused-ring (bicyclic) bond motifs is 1. The van der Waals surface area contributed by atoms with E-state index < -0.39 is 11.3 Å². The molecular weight excluding hydrogens is 502 g/mol. The average molecular weight is 525 g/mol. The Kier molecular flexibility index (Phi) is 5.36. The summed E-state index contributed by atoms with van der Waals surface area (Å²) in [5.41, 5.74) is 0.370. The highest BCUT2D eigenvalue weighted by Gasteiger charge is 2.40. The van der Waals surface area contributed by atoms with E-state index >= 15 is 0 Å². The molecule has 4 rings (SSSR count). The van der Waals surface area contributed by atoms with Crippen LogP contribution >= 0.6 is 31.9 Å². The van der Waals surface area contributed by atoms with Gasteiger partial charge in [-0.25, -0.2) is 0 Å². The van der Waals surface area contributed by atoms with E-state index in [0.29, 0.717) is 18.8 Å². The molecule has 1 aliphatic carbocycles. The van der Waals surface area contributed by atoms with Gasteiger partial charge in [0.1, 0.15) is 5.82 Å². The maximum Gasteiger partial charge on any atom is 0.315 e. The van der Waals surface area contributed by atoms with Crippen molar-refractivity contribution < 1.29 is 9.90 Å². The summed E-state index contributed by atoms with van der Waals surface area (Å²) in [5, 5.41) is 10.3. The van der Waals surface area contributed by atoms with Crippen molar-refractivity contribution in [3.63, 3.8) is 0 Å². The van der Waals surface area contributed by atoms with Crippen molar-refractivity contribution in [1.82, 2.24) is 14.5 Å². The third-order valence-electron chi connectivity index (χ3n) is 6.40. The molecule has 1 atom stereocenters. The fraction of sp³-hybridized carbons (Fsp3) is 0.476. The molecule has 0 radical (unpaired) electrons. The van der Waals surface area contributed by atoms with Crippen LogP contribution < -0.4 is 5.56 Å². The van der Waals surface area contributed by atoms with Gasteiger partial charge in [-0.1, -0.05) is 44.7 Å². The molecular formula is C21H23Br2N3O3. The Balaban J connectivity index is 1.86. The lowest BCUT2D eigenvalue weighted by Gasteiger charge is -2.36. The number of carbonyl (C=O) groups is 1. The van der Waals surface area contributed by atoms with Gasteiger partial charge in [-0.15, -0.1) is 0 Å².